The van der Waals surface area contributed by atoms with Crippen molar-refractivity contribution in [3.05, 3.63) is 72.3 Å². The third kappa shape index (κ3) is 6.98. The zero-order valence-electron chi connectivity index (χ0n) is 33.1. The number of esters is 1. The summed E-state index contributed by atoms with van der Waals surface area (Å²) in [7, 11) is -2.61. The normalized spacial score (nSPS) is 32.5. The number of hydrogen-bond acceptors (Lipinski definition) is 4. The van der Waals surface area contributed by atoms with Crippen molar-refractivity contribution in [2.75, 3.05) is 6.61 Å². The lowest BCUT2D eigenvalue weighted by Gasteiger charge is -2.59. The van der Waals surface area contributed by atoms with Gasteiger partial charge in [-0.15, -0.1) is 0 Å². The number of benzene rings is 2. The second-order valence-corrected chi connectivity index (χ2v) is 22.8. The lowest BCUT2D eigenvalue weighted by Crippen LogP contribution is -2.68. The Balaban J connectivity index is 1.20. The van der Waals surface area contributed by atoms with E-state index in [9.17, 15) is 9.90 Å². The molecule has 2 aromatic carbocycles. The van der Waals surface area contributed by atoms with E-state index in [0.717, 1.165) is 31.6 Å². The van der Waals surface area contributed by atoms with Gasteiger partial charge in [0.1, 0.15) is 0 Å². The summed E-state index contributed by atoms with van der Waals surface area (Å²) in [6, 6.07) is 22.3. The van der Waals surface area contributed by atoms with Gasteiger partial charge in [-0.3, -0.25) is 4.79 Å². The number of fused-ring (bicyclic) bond motifs is 5. The fraction of sp³-hybridized carbons (Fsp3) is 0.674. The standard InChI is InChI=1S/C46H68O4Si/c1-9-17-33(43(48)49-10-2)30-42(47)32(3)39-24-25-40-38-23-22-34-31-35(26-28-45(34,7)41(38)27-29-46(39,40)8)50-51(44(4,5)6,36-18-13-11-14-19-36)37-20-15-12-16-21-37/h11-16,18-22,32-33,35,38-42,47H,9-10,17,23-31H2,1-8H3/t32-,33+,35-,38-,39+,40-,41-,42-,45-,46+/m0/s1. The lowest BCUT2D eigenvalue weighted by molar-refractivity contribution is -0.150. The molecule has 4 nitrogen and oxygen atoms in total. The molecule has 0 saturated heterocycles. The SMILES string of the molecule is CCC[C@H](C[C@H](O)[C@@H](C)[C@H]1CC[C@H]2[C@@H]3CC=C4C[C@@H](O[Si](c5ccccc5)(c5ccccc5)C(C)(C)C)CC[C@]4(C)[C@H]3CC[C@]12C)C(=O)OCC. The zero-order chi connectivity index (χ0) is 36.6. The summed E-state index contributed by atoms with van der Waals surface area (Å²) in [5, 5.41) is 14.3. The van der Waals surface area contributed by atoms with Crippen LogP contribution < -0.4 is 10.4 Å². The highest BCUT2D eigenvalue weighted by Gasteiger charge is 2.60. The smallest absolute Gasteiger partial charge is 0.309 e. The first-order valence-corrected chi connectivity index (χ1v) is 22.5. The van der Waals surface area contributed by atoms with Crippen LogP contribution >= 0.6 is 0 Å². The molecule has 0 radical (unpaired) electrons. The van der Waals surface area contributed by atoms with Crippen LogP contribution in [0.3, 0.4) is 0 Å². The van der Waals surface area contributed by atoms with Crippen molar-refractivity contribution in [2.45, 2.75) is 143 Å². The second-order valence-electron chi connectivity index (χ2n) is 18.5. The van der Waals surface area contributed by atoms with Crippen molar-refractivity contribution in [1.82, 2.24) is 0 Å². The van der Waals surface area contributed by atoms with E-state index in [-0.39, 0.29) is 39.8 Å². The van der Waals surface area contributed by atoms with E-state index in [2.05, 4.69) is 115 Å². The van der Waals surface area contributed by atoms with Crippen LogP contribution in [0.2, 0.25) is 5.04 Å². The largest absolute Gasteiger partial charge is 0.466 e. The molecule has 3 fully saturated rings. The monoisotopic (exact) mass is 712 g/mol. The van der Waals surface area contributed by atoms with E-state index in [1.165, 1.54) is 48.9 Å². The highest BCUT2D eigenvalue weighted by molar-refractivity contribution is 6.99. The van der Waals surface area contributed by atoms with Crippen LogP contribution in [0.15, 0.2) is 72.3 Å². The minimum absolute atomic E-state index is 0.0181. The van der Waals surface area contributed by atoms with E-state index in [1.807, 2.05) is 6.92 Å². The van der Waals surface area contributed by atoms with E-state index in [0.29, 0.717) is 30.8 Å². The number of aliphatic hydroxyl groups excluding tert-OH is 1. The second kappa shape index (κ2) is 15.3. The fourth-order valence-electron chi connectivity index (χ4n) is 12.3. The summed E-state index contributed by atoms with van der Waals surface area (Å²) >= 11 is 0. The van der Waals surface area contributed by atoms with Crippen molar-refractivity contribution in [1.29, 1.82) is 0 Å². The van der Waals surface area contributed by atoms with Gasteiger partial charge in [0.15, 0.2) is 0 Å². The average molecular weight is 713 g/mol. The minimum atomic E-state index is -2.61. The molecular weight excluding hydrogens is 645 g/mol. The fourth-order valence-corrected chi connectivity index (χ4v) is 17.0. The van der Waals surface area contributed by atoms with Crippen LogP contribution in [-0.2, 0) is 14.0 Å². The number of carbonyl (C=O) groups excluding carboxylic acids is 1. The highest BCUT2D eigenvalue weighted by atomic mass is 28.4. The van der Waals surface area contributed by atoms with E-state index >= 15 is 0 Å². The molecule has 0 unspecified atom stereocenters. The van der Waals surface area contributed by atoms with Crippen molar-refractivity contribution in [3.63, 3.8) is 0 Å². The van der Waals surface area contributed by atoms with Crippen molar-refractivity contribution in [2.24, 2.45) is 46.3 Å². The lowest BCUT2D eigenvalue weighted by atomic mass is 9.47. The Labute approximate surface area is 311 Å². The molecule has 3 saturated carbocycles. The summed E-state index contributed by atoms with van der Waals surface area (Å²) in [5.74, 6) is 2.49. The zero-order valence-corrected chi connectivity index (χ0v) is 34.1. The maximum absolute atomic E-state index is 12.7. The highest BCUT2D eigenvalue weighted by Crippen LogP contribution is 2.67. The molecule has 280 valence electrons. The number of carbonyl (C=O) groups is 1. The maximum atomic E-state index is 12.7. The van der Waals surface area contributed by atoms with Gasteiger partial charge in [-0.05, 0) is 127 Å². The molecule has 0 aromatic heterocycles. The van der Waals surface area contributed by atoms with Crippen molar-refractivity contribution < 1.29 is 19.1 Å². The van der Waals surface area contributed by atoms with Crippen LogP contribution in [0.5, 0.6) is 0 Å². The van der Waals surface area contributed by atoms with Crippen molar-refractivity contribution in [3.8, 4) is 0 Å². The predicted octanol–water partition coefficient (Wildman–Crippen LogP) is 9.88. The van der Waals surface area contributed by atoms with Gasteiger partial charge in [0.25, 0.3) is 8.32 Å². The summed E-state index contributed by atoms with van der Waals surface area (Å²) < 4.78 is 13.1. The molecule has 0 aliphatic heterocycles. The minimum Gasteiger partial charge on any atom is -0.466 e. The Morgan fingerprint density at radius 1 is 0.922 bits per heavy atom. The Morgan fingerprint density at radius 3 is 2.16 bits per heavy atom. The number of ether oxygens (including phenoxy) is 1. The van der Waals surface area contributed by atoms with Gasteiger partial charge in [-0.25, -0.2) is 0 Å². The first-order valence-electron chi connectivity index (χ1n) is 20.6. The summed E-state index contributed by atoms with van der Waals surface area (Å²) in [6.07, 6.45) is 14.2. The maximum Gasteiger partial charge on any atom is 0.309 e. The molecule has 6 rings (SSSR count). The number of rotatable bonds is 12. The summed E-state index contributed by atoms with van der Waals surface area (Å²) in [4.78, 5) is 12.7. The van der Waals surface area contributed by atoms with Gasteiger partial charge in [0, 0.05) is 6.10 Å². The van der Waals surface area contributed by atoms with Gasteiger partial charge in [-0.2, -0.15) is 0 Å². The van der Waals surface area contributed by atoms with E-state index < -0.39 is 14.4 Å². The molecule has 0 heterocycles. The molecule has 10 atom stereocenters. The quantitative estimate of drug-likeness (QED) is 0.135. The Bertz CT molecular complexity index is 1460. The number of aliphatic hydroxyl groups is 1. The summed E-state index contributed by atoms with van der Waals surface area (Å²) in [5.41, 5.74) is 2.16. The van der Waals surface area contributed by atoms with Crippen LogP contribution in [0.4, 0.5) is 0 Å². The van der Waals surface area contributed by atoms with Crippen LogP contribution in [0.25, 0.3) is 0 Å². The molecule has 5 heteroatoms. The van der Waals surface area contributed by atoms with Crippen LogP contribution in [0.1, 0.15) is 126 Å². The first-order chi connectivity index (χ1) is 24.3. The predicted molar refractivity (Wildman–Crippen MR) is 213 cm³/mol. The van der Waals surface area contributed by atoms with E-state index in [4.69, 9.17) is 9.16 Å². The Morgan fingerprint density at radius 2 is 1.57 bits per heavy atom. The Kier molecular flexibility index (Phi) is 11.5. The molecular formula is C46H68O4Si. The van der Waals surface area contributed by atoms with Crippen molar-refractivity contribution >= 4 is 24.7 Å². The molecule has 0 bridgehead atoms. The first kappa shape index (κ1) is 38.5. The molecule has 1 N–H and O–H groups in total. The molecule has 51 heavy (non-hydrogen) atoms. The average Bonchev–Trinajstić information content (AvgIpc) is 3.47. The van der Waals surface area contributed by atoms with Gasteiger partial charge in [-0.1, -0.05) is 127 Å². The Hall–Kier alpha value is -2.21. The van der Waals surface area contributed by atoms with Gasteiger partial charge < -0.3 is 14.3 Å². The van der Waals surface area contributed by atoms with Crippen LogP contribution in [-0.4, -0.2) is 38.2 Å². The summed E-state index contributed by atoms with van der Waals surface area (Å²) in [6.45, 7) is 19.0. The number of allylic oxidation sites excluding steroid dienone is 1. The van der Waals surface area contributed by atoms with Gasteiger partial charge >= 0.3 is 5.97 Å². The van der Waals surface area contributed by atoms with Gasteiger partial charge in [0.2, 0.25) is 0 Å². The number of hydrogen-bond donors (Lipinski definition) is 1. The third-order valence-corrected chi connectivity index (χ3v) is 20.0. The third-order valence-electron chi connectivity index (χ3n) is 14.9. The topological polar surface area (TPSA) is 55.8 Å². The molecule has 0 spiro atoms. The van der Waals surface area contributed by atoms with Crippen LogP contribution in [0, 0.1) is 46.3 Å². The molecule has 4 aliphatic carbocycles. The molecule has 0 amide bonds. The van der Waals surface area contributed by atoms with Gasteiger partial charge in [0.05, 0.1) is 18.6 Å². The molecule has 4 aliphatic rings. The van der Waals surface area contributed by atoms with E-state index in [1.54, 1.807) is 5.57 Å². The molecule has 2 aromatic rings.